The lowest BCUT2D eigenvalue weighted by atomic mass is 10.1. The van der Waals surface area contributed by atoms with Gasteiger partial charge in [0, 0.05) is 5.92 Å². The molecule has 15 heavy (non-hydrogen) atoms. The number of rotatable bonds is 4. The standard InChI is InChI=1S/C12H17NO2/c1-4-9(2)12(14)13-10-7-5-6-8-11(10)15-3/h5-9H,4H2,1-3H3,(H,13,14). The van der Waals surface area contributed by atoms with Gasteiger partial charge in [-0.05, 0) is 18.6 Å². The Morgan fingerprint density at radius 3 is 2.73 bits per heavy atom. The zero-order chi connectivity index (χ0) is 11.3. The van der Waals surface area contributed by atoms with E-state index in [0.717, 1.165) is 12.1 Å². The average Bonchev–Trinajstić information content (AvgIpc) is 2.28. The van der Waals surface area contributed by atoms with Gasteiger partial charge in [-0.1, -0.05) is 26.0 Å². The normalized spacial score (nSPS) is 11.9. The summed E-state index contributed by atoms with van der Waals surface area (Å²) in [7, 11) is 1.59. The lowest BCUT2D eigenvalue weighted by Crippen LogP contribution is -2.19. The summed E-state index contributed by atoms with van der Waals surface area (Å²) in [4.78, 5) is 11.6. The van der Waals surface area contributed by atoms with Crippen LogP contribution >= 0.6 is 0 Å². The largest absolute Gasteiger partial charge is 0.495 e. The van der Waals surface area contributed by atoms with Crippen molar-refractivity contribution in [3.63, 3.8) is 0 Å². The van der Waals surface area contributed by atoms with Crippen molar-refractivity contribution in [2.24, 2.45) is 5.92 Å². The minimum atomic E-state index is 0.0231. The number of nitrogens with one attached hydrogen (secondary N) is 1. The lowest BCUT2D eigenvalue weighted by molar-refractivity contribution is -0.119. The van der Waals surface area contributed by atoms with Crippen molar-refractivity contribution >= 4 is 11.6 Å². The highest BCUT2D eigenvalue weighted by atomic mass is 16.5. The van der Waals surface area contributed by atoms with E-state index in [1.807, 2.05) is 38.1 Å². The molecule has 0 aliphatic carbocycles. The summed E-state index contributed by atoms with van der Waals surface area (Å²) in [5.41, 5.74) is 0.727. The summed E-state index contributed by atoms with van der Waals surface area (Å²) in [6, 6.07) is 7.40. The topological polar surface area (TPSA) is 38.3 Å². The Morgan fingerprint density at radius 1 is 1.47 bits per heavy atom. The molecule has 3 nitrogen and oxygen atoms in total. The molecule has 0 spiro atoms. The molecular weight excluding hydrogens is 190 g/mol. The van der Waals surface area contributed by atoms with Gasteiger partial charge in [-0.3, -0.25) is 4.79 Å². The zero-order valence-electron chi connectivity index (χ0n) is 9.41. The van der Waals surface area contributed by atoms with E-state index in [1.54, 1.807) is 7.11 Å². The number of methoxy groups -OCH3 is 1. The molecule has 0 aliphatic heterocycles. The van der Waals surface area contributed by atoms with Crippen molar-refractivity contribution < 1.29 is 9.53 Å². The number of para-hydroxylation sites is 2. The second-order valence-corrected chi connectivity index (χ2v) is 3.50. The number of carbonyl (C=O) groups excluding carboxylic acids is 1. The van der Waals surface area contributed by atoms with Crippen LogP contribution in [-0.4, -0.2) is 13.0 Å². The molecule has 3 heteroatoms. The van der Waals surface area contributed by atoms with E-state index in [9.17, 15) is 4.79 Å². The highest BCUT2D eigenvalue weighted by Gasteiger charge is 2.12. The average molecular weight is 207 g/mol. The molecule has 0 aromatic heterocycles. The molecule has 0 heterocycles. The van der Waals surface area contributed by atoms with Crippen LogP contribution in [0.5, 0.6) is 5.75 Å². The fourth-order valence-electron chi connectivity index (χ4n) is 1.19. The Labute approximate surface area is 90.4 Å². The predicted molar refractivity (Wildman–Crippen MR) is 61.1 cm³/mol. The van der Waals surface area contributed by atoms with Crippen LogP contribution in [0.3, 0.4) is 0 Å². The minimum absolute atomic E-state index is 0.0231. The third-order valence-electron chi connectivity index (χ3n) is 2.42. The van der Waals surface area contributed by atoms with Gasteiger partial charge >= 0.3 is 0 Å². The maximum atomic E-state index is 11.6. The molecule has 1 unspecified atom stereocenters. The Balaban J connectivity index is 2.76. The summed E-state index contributed by atoms with van der Waals surface area (Å²) < 4.78 is 5.14. The zero-order valence-corrected chi connectivity index (χ0v) is 9.41. The van der Waals surface area contributed by atoms with E-state index < -0.39 is 0 Å². The van der Waals surface area contributed by atoms with Gasteiger partial charge in [0.25, 0.3) is 0 Å². The molecule has 1 aromatic rings. The van der Waals surface area contributed by atoms with Crippen LogP contribution in [0.25, 0.3) is 0 Å². The summed E-state index contributed by atoms with van der Waals surface area (Å²) in [6.07, 6.45) is 0.834. The van der Waals surface area contributed by atoms with E-state index in [4.69, 9.17) is 4.74 Å². The van der Waals surface area contributed by atoms with Crippen LogP contribution in [0.4, 0.5) is 5.69 Å². The number of benzene rings is 1. The second-order valence-electron chi connectivity index (χ2n) is 3.50. The van der Waals surface area contributed by atoms with Crippen LogP contribution < -0.4 is 10.1 Å². The van der Waals surface area contributed by atoms with Gasteiger partial charge < -0.3 is 10.1 Å². The molecule has 0 fully saturated rings. The van der Waals surface area contributed by atoms with Crippen LogP contribution in [0, 0.1) is 5.92 Å². The van der Waals surface area contributed by atoms with E-state index >= 15 is 0 Å². The van der Waals surface area contributed by atoms with Crippen LogP contribution in [0.1, 0.15) is 20.3 Å². The van der Waals surface area contributed by atoms with Crippen molar-refractivity contribution in [1.82, 2.24) is 0 Å². The van der Waals surface area contributed by atoms with Gasteiger partial charge in [0.05, 0.1) is 12.8 Å². The third-order valence-corrected chi connectivity index (χ3v) is 2.42. The number of ether oxygens (including phenoxy) is 1. The summed E-state index contributed by atoms with van der Waals surface area (Å²) in [5, 5.41) is 2.85. The Kier molecular flexibility index (Phi) is 4.16. The molecule has 1 N–H and O–H groups in total. The fraction of sp³-hybridized carbons (Fsp3) is 0.417. The summed E-state index contributed by atoms with van der Waals surface area (Å²) in [6.45, 7) is 3.90. The van der Waals surface area contributed by atoms with Gasteiger partial charge in [0.15, 0.2) is 0 Å². The number of hydrogen-bond acceptors (Lipinski definition) is 2. The molecule has 1 atom stereocenters. The SMILES string of the molecule is CCC(C)C(=O)Nc1ccccc1OC. The first-order valence-electron chi connectivity index (χ1n) is 5.13. The van der Waals surface area contributed by atoms with Crippen LogP contribution in [0.2, 0.25) is 0 Å². The minimum Gasteiger partial charge on any atom is -0.495 e. The monoisotopic (exact) mass is 207 g/mol. The van der Waals surface area contributed by atoms with Crippen molar-refractivity contribution in [2.75, 3.05) is 12.4 Å². The smallest absolute Gasteiger partial charge is 0.227 e. The first kappa shape index (κ1) is 11.6. The van der Waals surface area contributed by atoms with E-state index in [2.05, 4.69) is 5.32 Å². The van der Waals surface area contributed by atoms with Crippen molar-refractivity contribution in [3.8, 4) is 5.75 Å². The van der Waals surface area contributed by atoms with Gasteiger partial charge in [-0.15, -0.1) is 0 Å². The molecule has 0 saturated carbocycles. The summed E-state index contributed by atoms with van der Waals surface area (Å²) in [5.74, 6) is 0.742. The Hall–Kier alpha value is -1.51. The molecule has 0 radical (unpaired) electrons. The predicted octanol–water partition coefficient (Wildman–Crippen LogP) is 2.68. The second kappa shape index (κ2) is 5.39. The van der Waals surface area contributed by atoms with Crippen LogP contribution in [-0.2, 0) is 4.79 Å². The van der Waals surface area contributed by atoms with E-state index in [0.29, 0.717) is 5.75 Å². The van der Waals surface area contributed by atoms with Gasteiger partial charge in [-0.25, -0.2) is 0 Å². The fourth-order valence-corrected chi connectivity index (χ4v) is 1.19. The number of carbonyl (C=O) groups is 1. The molecule has 0 aliphatic rings. The maximum Gasteiger partial charge on any atom is 0.227 e. The molecule has 1 rings (SSSR count). The Morgan fingerprint density at radius 2 is 2.13 bits per heavy atom. The Bertz CT molecular complexity index is 336. The van der Waals surface area contributed by atoms with Crippen LogP contribution in [0.15, 0.2) is 24.3 Å². The molecule has 1 aromatic carbocycles. The molecular formula is C12H17NO2. The number of anilines is 1. The van der Waals surface area contributed by atoms with Crippen molar-refractivity contribution in [2.45, 2.75) is 20.3 Å². The van der Waals surface area contributed by atoms with E-state index in [1.165, 1.54) is 0 Å². The number of amides is 1. The first-order chi connectivity index (χ1) is 7.19. The molecule has 0 saturated heterocycles. The maximum absolute atomic E-state index is 11.6. The highest BCUT2D eigenvalue weighted by Crippen LogP contribution is 2.23. The van der Waals surface area contributed by atoms with Gasteiger partial charge in [0.2, 0.25) is 5.91 Å². The van der Waals surface area contributed by atoms with Gasteiger partial charge in [-0.2, -0.15) is 0 Å². The molecule has 0 bridgehead atoms. The summed E-state index contributed by atoms with van der Waals surface area (Å²) >= 11 is 0. The first-order valence-corrected chi connectivity index (χ1v) is 5.13. The third kappa shape index (κ3) is 2.98. The highest BCUT2D eigenvalue weighted by molar-refractivity contribution is 5.93. The quantitative estimate of drug-likeness (QED) is 0.824. The van der Waals surface area contributed by atoms with Crippen molar-refractivity contribution in [3.05, 3.63) is 24.3 Å². The van der Waals surface area contributed by atoms with E-state index in [-0.39, 0.29) is 11.8 Å². The molecule has 82 valence electrons. The molecule has 1 amide bonds. The number of hydrogen-bond donors (Lipinski definition) is 1. The lowest BCUT2D eigenvalue weighted by Gasteiger charge is -2.12. The van der Waals surface area contributed by atoms with Gasteiger partial charge in [0.1, 0.15) is 5.75 Å². The van der Waals surface area contributed by atoms with Crippen molar-refractivity contribution in [1.29, 1.82) is 0 Å².